The van der Waals surface area contributed by atoms with Gasteiger partial charge in [0.25, 0.3) is 0 Å². The molecule has 0 aliphatic carbocycles. The third-order valence-corrected chi connectivity index (χ3v) is 5.79. The zero-order valence-electron chi connectivity index (χ0n) is 16.6. The lowest BCUT2D eigenvalue weighted by molar-refractivity contribution is -0.274. The summed E-state index contributed by atoms with van der Waals surface area (Å²) >= 11 is 1.36. The van der Waals surface area contributed by atoms with E-state index in [1.165, 1.54) is 34.4 Å². The molecule has 1 aliphatic heterocycles. The summed E-state index contributed by atoms with van der Waals surface area (Å²) < 4.78 is 41.6. The summed E-state index contributed by atoms with van der Waals surface area (Å²) in [5.41, 5.74) is 3.41. The highest BCUT2D eigenvalue weighted by Gasteiger charge is 2.34. The number of hydrogen-bond acceptors (Lipinski definition) is 5. The number of ether oxygens (including phenoxy) is 1. The number of aliphatic hydroxyl groups excluding tert-OH is 1. The van der Waals surface area contributed by atoms with Gasteiger partial charge in [0.05, 0.1) is 17.8 Å². The SMILES string of the molecule is Cc1ccc(-c2nc(C3=C(O)CN(c4cccc(OC(F)(F)F)c4)C3=N)sc2C)cc1. The molecule has 2 heterocycles. The second-order valence-electron chi connectivity index (χ2n) is 7.09. The van der Waals surface area contributed by atoms with Gasteiger partial charge in [-0.1, -0.05) is 35.9 Å². The molecular weight excluding hydrogens is 427 g/mol. The van der Waals surface area contributed by atoms with Crippen molar-refractivity contribution in [2.45, 2.75) is 20.2 Å². The van der Waals surface area contributed by atoms with Crippen LogP contribution in [0, 0.1) is 19.3 Å². The van der Waals surface area contributed by atoms with Gasteiger partial charge in [0, 0.05) is 22.2 Å². The van der Waals surface area contributed by atoms with Crippen molar-refractivity contribution in [1.82, 2.24) is 4.98 Å². The van der Waals surface area contributed by atoms with Crippen LogP contribution in [-0.4, -0.2) is 28.8 Å². The van der Waals surface area contributed by atoms with E-state index in [2.05, 4.69) is 9.72 Å². The second kappa shape index (κ2) is 7.73. The molecule has 0 saturated heterocycles. The Morgan fingerprint density at radius 3 is 2.52 bits per heavy atom. The molecule has 9 heteroatoms. The number of nitrogens with zero attached hydrogens (tertiary/aromatic N) is 2. The van der Waals surface area contributed by atoms with Crippen molar-refractivity contribution >= 4 is 28.4 Å². The molecule has 0 radical (unpaired) electrons. The van der Waals surface area contributed by atoms with Gasteiger partial charge in [-0.3, -0.25) is 5.41 Å². The van der Waals surface area contributed by atoms with Gasteiger partial charge in [-0.05, 0) is 26.0 Å². The zero-order chi connectivity index (χ0) is 22.3. The third kappa shape index (κ3) is 4.27. The molecule has 0 atom stereocenters. The number of alkyl halides is 3. The van der Waals surface area contributed by atoms with Crippen LogP contribution in [0.4, 0.5) is 18.9 Å². The molecule has 2 aromatic carbocycles. The first-order valence-electron chi connectivity index (χ1n) is 9.31. The maximum absolute atomic E-state index is 12.5. The largest absolute Gasteiger partial charge is 0.573 e. The van der Waals surface area contributed by atoms with E-state index in [0.29, 0.717) is 10.7 Å². The number of anilines is 1. The summed E-state index contributed by atoms with van der Waals surface area (Å²) in [4.78, 5) is 7.00. The van der Waals surface area contributed by atoms with E-state index in [1.54, 1.807) is 6.07 Å². The Morgan fingerprint density at radius 1 is 1.13 bits per heavy atom. The summed E-state index contributed by atoms with van der Waals surface area (Å²) in [7, 11) is 0. The van der Waals surface area contributed by atoms with Crippen molar-refractivity contribution < 1.29 is 23.0 Å². The number of nitrogens with one attached hydrogen (secondary N) is 1. The molecule has 0 bridgehead atoms. The molecule has 1 aromatic heterocycles. The van der Waals surface area contributed by atoms with E-state index in [-0.39, 0.29) is 23.7 Å². The predicted octanol–water partition coefficient (Wildman–Crippen LogP) is 6.09. The normalized spacial score (nSPS) is 14.5. The van der Waals surface area contributed by atoms with E-state index >= 15 is 0 Å². The van der Waals surface area contributed by atoms with Crippen LogP contribution >= 0.6 is 11.3 Å². The van der Waals surface area contributed by atoms with Crippen LogP contribution in [0.1, 0.15) is 15.4 Å². The van der Waals surface area contributed by atoms with E-state index in [1.807, 2.05) is 38.1 Å². The van der Waals surface area contributed by atoms with Crippen molar-refractivity contribution in [3.05, 3.63) is 69.7 Å². The number of rotatable bonds is 4. The minimum Gasteiger partial charge on any atom is -0.510 e. The lowest BCUT2D eigenvalue weighted by Gasteiger charge is -2.19. The van der Waals surface area contributed by atoms with Crippen molar-refractivity contribution in [3.8, 4) is 17.0 Å². The molecule has 0 spiro atoms. The maximum atomic E-state index is 12.5. The highest BCUT2D eigenvalue weighted by atomic mass is 32.1. The average molecular weight is 445 g/mol. The monoisotopic (exact) mass is 445 g/mol. The molecule has 0 amide bonds. The molecule has 0 saturated carbocycles. The van der Waals surface area contributed by atoms with Crippen LogP contribution in [0.25, 0.3) is 16.8 Å². The topological polar surface area (TPSA) is 69.4 Å². The minimum absolute atomic E-state index is 0.0362. The maximum Gasteiger partial charge on any atom is 0.573 e. The molecular formula is C22H18F3N3O2S. The standard InChI is InChI=1S/C22H18F3N3O2S/c1-12-6-8-14(9-7-12)19-13(2)31-21(27-19)18-17(29)11-28(20(18)26)15-4-3-5-16(10-15)30-22(23,24)25/h3-10,26,29H,11H2,1-2H3. The highest BCUT2D eigenvalue weighted by Crippen LogP contribution is 2.37. The van der Waals surface area contributed by atoms with Crippen LogP contribution < -0.4 is 9.64 Å². The first-order valence-corrected chi connectivity index (χ1v) is 10.1. The summed E-state index contributed by atoms with van der Waals surface area (Å²) in [6.45, 7) is 3.87. The van der Waals surface area contributed by atoms with Crippen LogP contribution in [-0.2, 0) is 0 Å². The second-order valence-corrected chi connectivity index (χ2v) is 8.29. The molecule has 4 rings (SSSR count). The Hall–Kier alpha value is -3.33. The Labute approximate surface area is 180 Å². The Morgan fingerprint density at radius 2 is 1.84 bits per heavy atom. The van der Waals surface area contributed by atoms with Gasteiger partial charge in [0.15, 0.2) is 0 Å². The summed E-state index contributed by atoms with van der Waals surface area (Å²) in [5.74, 6) is -0.486. The third-order valence-electron chi connectivity index (χ3n) is 4.80. The van der Waals surface area contributed by atoms with Gasteiger partial charge in [-0.15, -0.1) is 24.5 Å². The van der Waals surface area contributed by atoms with Crippen molar-refractivity contribution in [2.24, 2.45) is 0 Å². The smallest absolute Gasteiger partial charge is 0.510 e. The van der Waals surface area contributed by atoms with Gasteiger partial charge < -0.3 is 14.7 Å². The number of halogens is 3. The van der Waals surface area contributed by atoms with Crippen LogP contribution in [0.2, 0.25) is 0 Å². The molecule has 0 fully saturated rings. The van der Waals surface area contributed by atoms with Crippen molar-refractivity contribution in [2.75, 3.05) is 11.4 Å². The summed E-state index contributed by atoms with van der Waals surface area (Å²) in [5, 5.41) is 19.6. The fourth-order valence-electron chi connectivity index (χ4n) is 3.36. The summed E-state index contributed by atoms with van der Waals surface area (Å²) in [6, 6.07) is 13.2. The molecule has 2 N–H and O–H groups in total. The van der Waals surface area contributed by atoms with Gasteiger partial charge in [-0.25, -0.2) is 4.98 Å². The van der Waals surface area contributed by atoms with E-state index in [9.17, 15) is 18.3 Å². The number of hydrogen-bond donors (Lipinski definition) is 2. The molecule has 3 aromatic rings. The lowest BCUT2D eigenvalue weighted by Crippen LogP contribution is -2.26. The van der Waals surface area contributed by atoms with Crippen molar-refractivity contribution in [1.29, 1.82) is 5.41 Å². The fourth-order valence-corrected chi connectivity index (χ4v) is 4.36. The number of aromatic nitrogens is 1. The van der Waals surface area contributed by atoms with Crippen molar-refractivity contribution in [3.63, 3.8) is 0 Å². The Bertz CT molecular complexity index is 1180. The van der Waals surface area contributed by atoms with Crippen LogP contribution in [0.5, 0.6) is 5.75 Å². The van der Waals surface area contributed by atoms with Crippen LogP contribution in [0.3, 0.4) is 0 Å². The number of aryl methyl sites for hydroxylation is 2. The predicted molar refractivity (Wildman–Crippen MR) is 115 cm³/mol. The average Bonchev–Trinajstić information content (AvgIpc) is 3.20. The molecule has 160 valence electrons. The first-order chi connectivity index (χ1) is 14.6. The van der Waals surface area contributed by atoms with E-state index in [4.69, 9.17) is 5.41 Å². The number of amidine groups is 1. The van der Waals surface area contributed by atoms with Gasteiger partial charge in [0.2, 0.25) is 0 Å². The summed E-state index contributed by atoms with van der Waals surface area (Å²) in [6.07, 6.45) is -4.81. The van der Waals surface area contributed by atoms with E-state index in [0.717, 1.165) is 21.7 Å². The van der Waals surface area contributed by atoms with Gasteiger partial charge in [-0.2, -0.15) is 0 Å². The quantitative estimate of drug-likeness (QED) is 0.510. The Balaban J connectivity index is 1.63. The highest BCUT2D eigenvalue weighted by molar-refractivity contribution is 7.13. The lowest BCUT2D eigenvalue weighted by atomic mass is 10.1. The number of benzene rings is 2. The van der Waals surface area contributed by atoms with Gasteiger partial charge in [0.1, 0.15) is 22.4 Å². The van der Waals surface area contributed by atoms with Crippen LogP contribution in [0.15, 0.2) is 54.3 Å². The number of aliphatic hydroxyl groups is 1. The zero-order valence-corrected chi connectivity index (χ0v) is 17.4. The number of thiazole rings is 1. The minimum atomic E-state index is -4.81. The Kier molecular flexibility index (Phi) is 5.22. The molecule has 5 nitrogen and oxygen atoms in total. The molecule has 1 aliphatic rings. The van der Waals surface area contributed by atoms with E-state index < -0.39 is 12.1 Å². The molecule has 0 unspecified atom stereocenters. The van der Waals surface area contributed by atoms with Gasteiger partial charge >= 0.3 is 6.36 Å². The first kappa shape index (κ1) is 20.9. The fraction of sp³-hybridized carbons (Fsp3) is 0.182. The molecule has 31 heavy (non-hydrogen) atoms.